The van der Waals surface area contributed by atoms with Crippen molar-refractivity contribution in [3.63, 3.8) is 0 Å². The third kappa shape index (κ3) is 3.83. The van der Waals surface area contributed by atoms with Gasteiger partial charge < -0.3 is 10.3 Å². The molecule has 0 aromatic carbocycles. The van der Waals surface area contributed by atoms with Crippen LogP contribution >= 0.6 is 23.1 Å². The molecule has 0 saturated heterocycles. The molecule has 2 N–H and O–H groups in total. The van der Waals surface area contributed by atoms with Gasteiger partial charge in [-0.1, -0.05) is 5.16 Å². The second-order valence-corrected chi connectivity index (χ2v) is 6.27. The fourth-order valence-electron chi connectivity index (χ4n) is 1.22. The van der Waals surface area contributed by atoms with Gasteiger partial charge in [0, 0.05) is 16.7 Å². The molecule has 0 atom stereocenters. The maximum atomic E-state index is 5.90. The molecule has 0 aliphatic rings. The molecule has 4 nitrogen and oxygen atoms in total. The number of nitrogens with zero attached hydrogens (tertiary/aromatic N) is 2. The van der Waals surface area contributed by atoms with Gasteiger partial charge in [-0.15, -0.1) is 0 Å². The predicted octanol–water partition coefficient (Wildman–Crippen LogP) is 2.77. The Kier molecular flexibility index (Phi) is 3.86. The number of hydrogen-bond donors (Lipinski definition) is 1. The Balaban J connectivity index is 1.91. The van der Waals surface area contributed by atoms with Crippen LogP contribution in [-0.2, 0) is 5.75 Å². The van der Waals surface area contributed by atoms with Crippen molar-refractivity contribution in [1.82, 2.24) is 10.1 Å². The van der Waals surface area contributed by atoms with Gasteiger partial charge in [0.1, 0.15) is 0 Å². The maximum Gasteiger partial charge on any atom is 0.258 e. The van der Waals surface area contributed by atoms with Crippen LogP contribution in [-0.4, -0.2) is 21.4 Å². The molecule has 6 heteroatoms. The Labute approximate surface area is 109 Å². The average molecular weight is 269 g/mol. The molecule has 0 aliphatic heterocycles. The van der Waals surface area contributed by atoms with E-state index in [9.17, 15) is 0 Å². The Morgan fingerprint density at radius 2 is 2.35 bits per heavy atom. The zero-order valence-corrected chi connectivity index (χ0v) is 11.5. The lowest BCUT2D eigenvalue weighted by Gasteiger charge is -2.16. The van der Waals surface area contributed by atoms with Crippen LogP contribution in [0.4, 0.5) is 0 Å². The lowest BCUT2D eigenvalue weighted by molar-refractivity contribution is 0.425. The van der Waals surface area contributed by atoms with Crippen molar-refractivity contribution >= 4 is 23.1 Å². The highest BCUT2D eigenvalue weighted by Crippen LogP contribution is 2.21. The van der Waals surface area contributed by atoms with Crippen LogP contribution in [0.15, 0.2) is 21.3 Å². The molecule has 0 aliphatic carbocycles. The van der Waals surface area contributed by atoms with Gasteiger partial charge >= 0.3 is 0 Å². The van der Waals surface area contributed by atoms with Crippen molar-refractivity contribution in [2.24, 2.45) is 5.73 Å². The number of nitrogens with two attached hydrogens (primary N) is 1. The summed E-state index contributed by atoms with van der Waals surface area (Å²) in [5, 5.41) is 7.93. The summed E-state index contributed by atoms with van der Waals surface area (Å²) in [5.74, 6) is 2.91. The third-order valence-electron chi connectivity index (χ3n) is 1.94. The fraction of sp³-hybridized carbons (Fsp3) is 0.455. The minimum Gasteiger partial charge on any atom is -0.334 e. The van der Waals surface area contributed by atoms with E-state index < -0.39 is 0 Å². The summed E-state index contributed by atoms with van der Waals surface area (Å²) in [6.07, 6.45) is 0. The molecule has 92 valence electrons. The first-order chi connectivity index (χ1) is 8.04. The van der Waals surface area contributed by atoms with E-state index in [1.54, 1.807) is 23.1 Å². The van der Waals surface area contributed by atoms with Crippen LogP contribution in [0.2, 0.25) is 0 Å². The zero-order valence-electron chi connectivity index (χ0n) is 9.84. The molecule has 2 aromatic heterocycles. The van der Waals surface area contributed by atoms with Gasteiger partial charge in [-0.25, -0.2) is 0 Å². The molecule has 2 aromatic rings. The Morgan fingerprint density at radius 3 is 3.00 bits per heavy atom. The first kappa shape index (κ1) is 12.6. The van der Waals surface area contributed by atoms with Gasteiger partial charge in [0.15, 0.2) is 5.82 Å². The van der Waals surface area contributed by atoms with E-state index in [1.807, 2.05) is 30.7 Å². The summed E-state index contributed by atoms with van der Waals surface area (Å²) in [5.41, 5.74) is 6.72. The quantitative estimate of drug-likeness (QED) is 0.904. The average Bonchev–Trinajstić information content (AvgIpc) is 2.83. The van der Waals surface area contributed by atoms with E-state index in [0.29, 0.717) is 5.89 Å². The summed E-state index contributed by atoms with van der Waals surface area (Å²) in [6.45, 7) is 4.01. The third-order valence-corrected chi connectivity index (χ3v) is 4.04. The van der Waals surface area contributed by atoms with E-state index in [4.69, 9.17) is 10.3 Å². The number of hydrogen-bond acceptors (Lipinski definition) is 6. The van der Waals surface area contributed by atoms with Gasteiger partial charge in [0.25, 0.3) is 5.89 Å². The van der Waals surface area contributed by atoms with Crippen molar-refractivity contribution < 1.29 is 4.52 Å². The van der Waals surface area contributed by atoms with Gasteiger partial charge in [-0.3, -0.25) is 0 Å². The Morgan fingerprint density at radius 1 is 1.53 bits per heavy atom. The molecule has 0 fully saturated rings. The van der Waals surface area contributed by atoms with E-state index in [1.165, 1.54) is 0 Å². The van der Waals surface area contributed by atoms with Gasteiger partial charge in [0.2, 0.25) is 0 Å². The van der Waals surface area contributed by atoms with Crippen molar-refractivity contribution in [3.05, 3.63) is 22.7 Å². The maximum absolute atomic E-state index is 5.90. The Bertz CT molecular complexity index is 459. The van der Waals surface area contributed by atoms with Crippen LogP contribution < -0.4 is 5.73 Å². The standard InChI is InChI=1S/C11H15N3OS2/c1-11(2,12)7-17-6-9-13-10(15-14-9)8-3-4-16-5-8/h3-5H,6-7,12H2,1-2H3. The lowest BCUT2D eigenvalue weighted by atomic mass is 10.1. The molecule has 17 heavy (non-hydrogen) atoms. The molecule has 2 rings (SSSR count). The van der Waals surface area contributed by atoms with Crippen molar-refractivity contribution in [3.8, 4) is 11.5 Å². The normalized spacial score (nSPS) is 11.9. The smallest absolute Gasteiger partial charge is 0.258 e. The molecule has 2 heterocycles. The van der Waals surface area contributed by atoms with Gasteiger partial charge in [0.05, 0.1) is 11.3 Å². The summed E-state index contributed by atoms with van der Waals surface area (Å²) in [7, 11) is 0. The second-order valence-electron chi connectivity index (χ2n) is 4.51. The molecule has 0 bridgehead atoms. The topological polar surface area (TPSA) is 64.9 Å². The highest BCUT2D eigenvalue weighted by atomic mass is 32.2. The molecular weight excluding hydrogens is 254 g/mol. The van der Waals surface area contributed by atoms with Gasteiger partial charge in [-0.2, -0.15) is 28.1 Å². The number of rotatable bonds is 5. The molecule has 0 saturated carbocycles. The minimum absolute atomic E-state index is 0.162. The molecule has 0 spiro atoms. The SMILES string of the molecule is CC(C)(N)CSCc1noc(-c2ccsc2)n1. The summed E-state index contributed by atoms with van der Waals surface area (Å²) in [4.78, 5) is 4.34. The summed E-state index contributed by atoms with van der Waals surface area (Å²) < 4.78 is 5.19. The van der Waals surface area contributed by atoms with E-state index in [2.05, 4.69) is 10.1 Å². The van der Waals surface area contributed by atoms with Crippen LogP contribution in [0.1, 0.15) is 19.7 Å². The largest absolute Gasteiger partial charge is 0.334 e. The molecule has 0 amide bonds. The van der Waals surface area contributed by atoms with Crippen molar-refractivity contribution in [2.75, 3.05) is 5.75 Å². The van der Waals surface area contributed by atoms with E-state index in [0.717, 1.165) is 22.9 Å². The van der Waals surface area contributed by atoms with E-state index >= 15 is 0 Å². The highest BCUT2D eigenvalue weighted by Gasteiger charge is 2.13. The minimum atomic E-state index is -0.162. The molecule has 0 radical (unpaired) electrons. The van der Waals surface area contributed by atoms with Crippen LogP contribution in [0.3, 0.4) is 0 Å². The second kappa shape index (κ2) is 5.20. The van der Waals surface area contributed by atoms with Crippen LogP contribution in [0.25, 0.3) is 11.5 Å². The van der Waals surface area contributed by atoms with Crippen LogP contribution in [0, 0.1) is 0 Å². The monoisotopic (exact) mass is 269 g/mol. The van der Waals surface area contributed by atoms with Crippen molar-refractivity contribution in [2.45, 2.75) is 25.1 Å². The lowest BCUT2D eigenvalue weighted by Crippen LogP contribution is -2.34. The van der Waals surface area contributed by atoms with Gasteiger partial charge in [-0.05, 0) is 25.3 Å². The van der Waals surface area contributed by atoms with E-state index in [-0.39, 0.29) is 5.54 Å². The summed E-state index contributed by atoms with van der Waals surface area (Å²) >= 11 is 3.33. The molecule has 0 unspecified atom stereocenters. The van der Waals surface area contributed by atoms with Crippen LogP contribution in [0.5, 0.6) is 0 Å². The highest BCUT2D eigenvalue weighted by molar-refractivity contribution is 7.98. The number of aromatic nitrogens is 2. The van der Waals surface area contributed by atoms with Crippen molar-refractivity contribution in [1.29, 1.82) is 0 Å². The molecular formula is C11H15N3OS2. The predicted molar refractivity (Wildman–Crippen MR) is 72.0 cm³/mol. The fourth-order valence-corrected chi connectivity index (χ4v) is 2.78. The summed E-state index contributed by atoms with van der Waals surface area (Å²) in [6, 6.07) is 1.97. The number of thiophene rings is 1. The zero-order chi connectivity index (χ0) is 12.3. The Hall–Kier alpha value is -0.850. The first-order valence-corrected chi connectivity index (χ1v) is 7.36. The first-order valence-electron chi connectivity index (χ1n) is 5.26. The number of thioether (sulfide) groups is 1.